The van der Waals surface area contributed by atoms with Crippen LogP contribution in [0.2, 0.25) is 0 Å². The first kappa shape index (κ1) is 25.5. The quantitative estimate of drug-likeness (QED) is 0.285. The van der Waals surface area contributed by atoms with E-state index in [-0.39, 0.29) is 30.0 Å². The Labute approximate surface area is 217 Å². The van der Waals surface area contributed by atoms with Gasteiger partial charge in [0, 0.05) is 23.6 Å². The number of hydrogen-bond donors (Lipinski definition) is 2. The van der Waals surface area contributed by atoms with E-state index in [9.17, 15) is 9.90 Å². The zero-order valence-electron chi connectivity index (χ0n) is 20.1. The van der Waals surface area contributed by atoms with Crippen LogP contribution in [0.25, 0.3) is 10.8 Å². The molecule has 5 nitrogen and oxygen atoms in total. The third kappa shape index (κ3) is 5.18. The summed E-state index contributed by atoms with van der Waals surface area (Å²) in [4.78, 5) is 11.8. The molecule has 2 unspecified atom stereocenters. The van der Waals surface area contributed by atoms with Crippen LogP contribution in [0.1, 0.15) is 39.4 Å². The van der Waals surface area contributed by atoms with Crippen LogP contribution in [0.3, 0.4) is 0 Å². The Bertz CT molecular complexity index is 1350. The van der Waals surface area contributed by atoms with Crippen molar-refractivity contribution >= 4 is 29.1 Å². The minimum absolute atomic E-state index is 0. The fraction of sp³-hybridized carbons (Fsp3) is 0.233. The van der Waals surface area contributed by atoms with E-state index in [4.69, 9.17) is 9.47 Å². The van der Waals surface area contributed by atoms with Crippen molar-refractivity contribution in [2.75, 3.05) is 20.2 Å². The van der Waals surface area contributed by atoms with Gasteiger partial charge in [0.05, 0.1) is 7.11 Å². The average Bonchev–Trinajstić information content (AvgIpc) is 2.90. The number of benzene rings is 4. The highest BCUT2D eigenvalue weighted by molar-refractivity contribution is 5.91. The largest absolute Gasteiger partial charge is 0.496 e. The number of carboxylic acids is 1. The number of hydrogen-bond acceptors (Lipinski definition) is 4. The number of carbonyl (C=O) groups is 1. The van der Waals surface area contributed by atoms with Gasteiger partial charge in [-0.25, -0.2) is 4.79 Å². The lowest BCUT2D eigenvalue weighted by Crippen LogP contribution is -2.36. The van der Waals surface area contributed by atoms with Gasteiger partial charge >= 0.3 is 5.97 Å². The van der Waals surface area contributed by atoms with Crippen LogP contribution in [0.15, 0.2) is 84.9 Å². The van der Waals surface area contributed by atoms with Crippen LogP contribution >= 0.6 is 12.4 Å². The molecule has 0 saturated heterocycles. The summed E-state index contributed by atoms with van der Waals surface area (Å²) in [7, 11) is 1.53. The predicted octanol–water partition coefficient (Wildman–Crippen LogP) is 6.08. The fourth-order valence-electron chi connectivity index (χ4n) is 5.13. The Hall–Kier alpha value is -3.54. The van der Waals surface area contributed by atoms with E-state index >= 15 is 0 Å². The SMILES string of the molecule is COc1c(C(=O)O)cccc1C1CC(CNCCc2cccc3ccccc23)Oc2ccccc21.Cl. The van der Waals surface area contributed by atoms with E-state index in [0.29, 0.717) is 12.3 Å². The Morgan fingerprint density at radius 1 is 0.972 bits per heavy atom. The summed E-state index contributed by atoms with van der Waals surface area (Å²) in [6, 6.07) is 28.3. The minimum Gasteiger partial charge on any atom is -0.496 e. The molecule has 0 fully saturated rings. The summed E-state index contributed by atoms with van der Waals surface area (Å²) in [5.41, 5.74) is 3.45. The Morgan fingerprint density at radius 3 is 2.53 bits per heavy atom. The molecule has 1 aliphatic heterocycles. The third-order valence-electron chi connectivity index (χ3n) is 6.77. The molecule has 4 aromatic rings. The molecule has 0 aromatic heterocycles. The second-order valence-corrected chi connectivity index (χ2v) is 8.89. The van der Waals surface area contributed by atoms with Gasteiger partial charge < -0.3 is 19.9 Å². The number of methoxy groups -OCH3 is 1. The Kier molecular flexibility index (Phi) is 8.14. The lowest BCUT2D eigenvalue weighted by molar-refractivity contribution is 0.0693. The van der Waals surface area contributed by atoms with Crippen molar-refractivity contribution in [3.63, 3.8) is 0 Å². The number of fused-ring (bicyclic) bond motifs is 2. The summed E-state index contributed by atoms with van der Waals surface area (Å²) in [6.07, 6.45) is 1.63. The normalized spacial score (nSPS) is 16.5. The first-order chi connectivity index (χ1) is 17.2. The van der Waals surface area contributed by atoms with Gasteiger partial charge in [-0.1, -0.05) is 72.8 Å². The second-order valence-electron chi connectivity index (χ2n) is 8.89. The van der Waals surface area contributed by atoms with Crippen molar-refractivity contribution in [1.82, 2.24) is 5.32 Å². The monoisotopic (exact) mass is 503 g/mol. The van der Waals surface area contributed by atoms with E-state index in [0.717, 1.165) is 36.3 Å². The second kappa shape index (κ2) is 11.5. The summed E-state index contributed by atoms with van der Waals surface area (Å²) < 4.78 is 11.9. The number of rotatable bonds is 8. The van der Waals surface area contributed by atoms with Crippen molar-refractivity contribution in [3.8, 4) is 11.5 Å². The van der Waals surface area contributed by atoms with E-state index in [1.54, 1.807) is 12.1 Å². The van der Waals surface area contributed by atoms with Crippen LogP contribution in [0.4, 0.5) is 0 Å². The molecule has 0 bridgehead atoms. The molecule has 2 atom stereocenters. The van der Waals surface area contributed by atoms with Crippen molar-refractivity contribution in [2.24, 2.45) is 0 Å². The van der Waals surface area contributed by atoms with E-state index in [2.05, 4.69) is 53.8 Å². The van der Waals surface area contributed by atoms with E-state index in [1.807, 2.05) is 24.3 Å². The van der Waals surface area contributed by atoms with E-state index in [1.165, 1.54) is 23.4 Å². The zero-order chi connectivity index (χ0) is 24.2. The topological polar surface area (TPSA) is 67.8 Å². The maximum atomic E-state index is 11.8. The standard InChI is InChI=1S/C30H29NO4.ClH/c1-34-29-25(13-7-14-26(29)30(32)33)27-18-22(35-28-15-5-4-12-24(27)28)19-31-17-16-21-10-6-9-20-8-2-3-11-23(20)21;/h2-15,22,27,31H,16-19H2,1H3,(H,32,33);1H. The molecule has 0 radical (unpaired) electrons. The smallest absolute Gasteiger partial charge is 0.339 e. The molecule has 0 saturated carbocycles. The molecule has 1 heterocycles. The zero-order valence-corrected chi connectivity index (χ0v) is 21.0. The summed E-state index contributed by atoms with van der Waals surface area (Å²) >= 11 is 0. The molecule has 0 spiro atoms. The fourth-order valence-corrected chi connectivity index (χ4v) is 5.13. The molecular formula is C30H30ClNO4. The molecular weight excluding hydrogens is 474 g/mol. The number of para-hydroxylation sites is 2. The highest BCUT2D eigenvalue weighted by Gasteiger charge is 2.32. The molecule has 36 heavy (non-hydrogen) atoms. The Balaban J connectivity index is 0.00000304. The molecule has 186 valence electrons. The Morgan fingerprint density at radius 2 is 1.69 bits per heavy atom. The maximum absolute atomic E-state index is 11.8. The number of halogens is 1. The molecule has 0 aliphatic carbocycles. The van der Waals surface area contributed by atoms with Crippen molar-refractivity contribution in [1.29, 1.82) is 0 Å². The van der Waals surface area contributed by atoms with Gasteiger partial charge in [0.2, 0.25) is 0 Å². The van der Waals surface area contributed by atoms with Gasteiger partial charge in [-0.3, -0.25) is 0 Å². The number of aromatic carboxylic acids is 1. The van der Waals surface area contributed by atoms with Gasteiger partial charge in [-0.2, -0.15) is 0 Å². The lowest BCUT2D eigenvalue weighted by atomic mass is 9.83. The number of carboxylic acid groups (broad SMARTS) is 1. The van der Waals surface area contributed by atoms with Crippen LogP contribution in [-0.4, -0.2) is 37.4 Å². The highest BCUT2D eigenvalue weighted by Crippen LogP contribution is 2.44. The minimum atomic E-state index is -0.990. The lowest BCUT2D eigenvalue weighted by Gasteiger charge is -2.33. The van der Waals surface area contributed by atoms with Gasteiger partial charge in [0.15, 0.2) is 0 Å². The predicted molar refractivity (Wildman–Crippen MR) is 145 cm³/mol. The first-order valence-electron chi connectivity index (χ1n) is 12.0. The molecule has 5 rings (SSSR count). The summed E-state index contributed by atoms with van der Waals surface area (Å²) in [6.45, 7) is 1.55. The van der Waals surface area contributed by atoms with Gasteiger partial charge in [0.1, 0.15) is 23.2 Å². The molecule has 1 aliphatic rings. The van der Waals surface area contributed by atoms with Crippen LogP contribution < -0.4 is 14.8 Å². The average molecular weight is 504 g/mol. The van der Waals surface area contributed by atoms with Crippen molar-refractivity contribution < 1.29 is 19.4 Å². The maximum Gasteiger partial charge on any atom is 0.339 e. The van der Waals surface area contributed by atoms with Crippen molar-refractivity contribution in [2.45, 2.75) is 24.9 Å². The third-order valence-corrected chi connectivity index (χ3v) is 6.77. The van der Waals surface area contributed by atoms with E-state index < -0.39 is 5.97 Å². The highest BCUT2D eigenvalue weighted by atomic mass is 35.5. The van der Waals surface area contributed by atoms with Crippen LogP contribution in [0, 0.1) is 0 Å². The number of ether oxygens (including phenoxy) is 2. The van der Waals surface area contributed by atoms with Gasteiger partial charge in [0.25, 0.3) is 0 Å². The molecule has 2 N–H and O–H groups in total. The molecule has 0 amide bonds. The first-order valence-corrected chi connectivity index (χ1v) is 12.0. The van der Waals surface area contributed by atoms with Crippen LogP contribution in [0.5, 0.6) is 11.5 Å². The summed E-state index contributed by atoms with van der Waals surface area (Å²) in [5, 5.41) is 15.8. The van der Waals surface area contributed by atoms with Crippen LogP contribution in [-0.2, 0) is 6.42 Å². The summed E-state index contributed by atoms with van der Waals surface area (Å²) in [5.74, 6) is 0.256. The van der Waals surface area contributed by atoms with Gasteiger partial charge in [-0.15, -0.1) is 12.4 Å². The van der Waals surface area contributed by atoms with Gasteiger partial charge in [-0.05, 0) is 47.9 Å². The molecule has 4 aromatic carbocycles. The van der Waals surface area contributed by atoms with Crippen molar-refractivity contribution in [3.05, 3.63) is 107 Å². The molecule has 6 heteroatoms. The number of nitrogens with one attached hydrogen (secondary N) is 1.